The minimum absolute atomic E-state index is 0.224. The summed E-state index contributed by atoms with van der Waals surface area (Å²) in [4.78, 5) is 34.3. The van der Waals surface area contributed by atoms with Gasteiger partial charge in [0.2, 0.25) is 0 Å². The number of methoxy groups -OCH3 is 1. The summed E-state index contributed by atoms with van der Waals surface area (Å²) in [5.41, 5.74) is 8.07. The lowest BCUT2D eigenvalue weighted by Gasteiger charge is -2.07. The van der Waals surface area contributed by atoms with Crippen LogP contribution in [0.1, 0.15) is 5.56 Å². The Labute approximate surface area is 165 Å². The average molecular weight is 405 g/mol. The highest BCUT2D eigenvalue weighted by Gasteiger charge is 2.13. The molecule has 0 aliphatic rings. The highest BCUT2D eigenvalue weighted by Crippen LogP contribution is 2.27. The van der Waals surface area contributed by atoms with Crippen molar-refractivity contribution in [3.63, 3.8) is 0 Å². The zero-order chi connectivity index (χ0) is 20.5. The van der Waals surface area contributed by atoms with Crippen molar-refractivity contribution in [3.05, 3.63) is 53.1 Å². The second-order valence-electron chi connectivity index (χ2n) is 5.33. The van der Waals surface area contributed by atoms with E-state index in [1.807, 2.05) is 0 Å². The Bertz CT molecular complexity index is 899. The maximum absolute atomic E-state index is 11.9. The minimum Gasteiger partial charge on any atom is -0.495 e. The zero-order valence-electron chi connectivity index (χ0n) is 14.8. The molecule has 28 heavy (non-hydrogen) atoms. The number of amides is 3. The molecule has 2 rings (SSSR count). The average Bonchev–Trinajstić information content (AvgIpc) is 2.67. The summed E-state index contributed by atoms with van der Waals surface area (Å²) in [6.07, 6.45) is 1.34. The minimum atomic E-state index is -0.954. The first kappa shape index (κ1) is 20.7. The Kier molecular flexibility index (Phi) is 7.35. The van der Waals surface area contributed by atoms with Crippen LogP contribution in [-0.2, 0) is 14.4 Å². The fourth-order valence-electron chi connectivity index (χ4n) is 1.95. The van der Waals surface area contributed by atoms with Crippen LogP contribution in [0.5, 0.6) is 11.5 Å². The SMILES string of the molecule is COc1ccc(NC(=O)C(=O)N/N=C/c2ccc(OCC(N)=O)cc2)cc1Cl. The van der Waals surface area contributed by atoms with Gasteiger partial charge in [-0.05, 0) is 48.0 Å². The monoisotopic (exact) mass is 404 g/mol. The van der Waals surface area contributed by atoms with Crippen LogP contribution in [0.25, 0.3) is 0 Å². The van der Waals surface area contributed by atoms with Crippen molar-refractivity contribution >= 4 is 41.2 Å². The number of hydrogen-bond acceptors (Lipinski definition) is 6. The molecular weight excluding hydrogens is 388 g/mol. The van der Waals surface area contributed by atoms with Gasteiger partial charge >= 0.3 is 11.8 Å². The van der Waals surface area contributed by atoms with Gasteiger partial charge in [0, 0.05) is 5.69 Å². The molecule has 0 spiro atoms. The van der Waals surface area contributed by atoms with Crippen molar-refractivity contribution in [2.45, 2.75) is 0 Å². The van der Waals surface area contributed by atoms with E-state index < -0.39 is 17.7 Å². The van der Waals surface area contributed by atoms with Gasteiger partial charge in [0.05, 0.1) is 18.3 Å². The number of halogens is 1. The van der Waals surface area contributed by atoms with Crippen LogP contribution in [0.2, 0.25) is 5.02 Å². The Morgan fingerprint density at radius 1 is 1.14 bits per heavy atom. The molecule has 0 unspecified atom stereocenters. The molecular formula is C18H17ClN4O5. The van der Waals surface area contributed by atoms with E-state index in [0.717, 1.165) is 0 Å². The smallest absolute Gasteiger partial charge is 0.329 e. The van der Waals surface area contributed by atoms with E-state index in [9.17, 15) is 14.4 Å². The molecule has 0 aliphatic carbocycles. The van der Waals surface area contributed by atoms with Gasteiger partial charge in [-0.15, -0.1) is 0 Å². The molecule has 0 fully saturated rings. The highest BCUT2D eigenvalue weighted by molar-refractivity contribution is 6.40. The topological polar surface area (TPSA) is 132 Å². The predicted octanol–water partition coefficient (Wildman–Crippen LogP) is 1.30. The van der Waals surface area contributed by atoms with E-state index in [1.54, 1.807) is 36.4 Å². The fourth-order valence-corrected chi connectivity index (χ4v) is 2.21. The molecule has 0 saturated heterocycles. The van der Waals surface area contributed by atoms with Crippen molar-refractivity contribution < 1.29 is 23.9 Å². The Balaban J connectivity index is 1.86. The summed E-state index contributed by atoms with van der Waals surface area (Å²) in [7, 11) is 1.46. The number of carbonyl (C=O) groups excluding carboxylic acids is 3. The maximum Gasteiger partial charge on any atom is 0.329 e. The van der Waals surface area contributed by atoms with E-state index in [1.165, 1.54) is 19.4 Å². The summed E-state index contributed by atoms with van der Waals surface area (Å²) in [5, 5.41) is 6.39. The van der Waals surface area contributed by atoms with Crippen LogP contribution >= 0.6 is 11.6 Å². The normalized spacial score (nSPS) is 10.4. The van der Waals surface area contributed by atoms with Crippen LogP contribution in [0.15, 0.2) is 47.6 Å². The summed E-state index contributed by atoms with van der Waals surface area (Å²) >= 11 is 5.96. The number of nitrogens with zero attached hydrogens (tertiary/aromatic N) is 1. The van der Waals surface area contributed by atoms with Crippen molar-refractivity contribution in [1.29, 1.82) is 0 Å². The highest BCUT2D eigenvalue weighted by atomic mass is 35.5. The van der Waals surface area contributed by atoms with Gasteiger partial charge in [0.25, 0.3) is 5.91 Å². The van der Waals surface area contributed by atoms with Gasteiger partial charge in [0.1, 0.15) is 11.5 Å². The Morgan fingerprint density at radius 3 is 2.46 bits per heavy atom. The molecule has 0 aromatic heterocycles. The molecule has 0 aliphatic heterocycles. The van der Waals surface area contributed by atoms with Gasteiger partial charge < -0.3 is 20.5 Å². The number of benzene rings is 2. The molecule has 146 valence electrons. The number of rotatable bonds is 7. The molecule has 2 aromatic rings. The van der Waals surface area contributed by atoms with Gasteiger partial charge in [-0.2, -0.15) is 5.10 Å². The molecule has 0 atom stereocenters. The second-order valence-corrected chi connectivity index (χ2v) is 5.73. The van der Waals surface area contributed by atoms with Crippen LogP contribution in [0.4, 0.5) is 5.69 Å². The van der Waals surface area contributed by atoms with Gasteiger partial charge in [-0.3, -0.25) is 14.4 Å². The molecule has 9 nitrogen and oxygen atoms in total. The number of primary amides is 1. The maximum atomic E-state index is 11.9. The molecule has 4 N–H and O–H groups in total. The number of nitrogens with one attached hydrogen (secondary N) is 2. The molecule has 0 bridgehead atoms. The number of carbonyl (C=O) groups is 3. The molecule has 0 heterocycles. The summed E-state index contributed by atoms with van der Waals surface area (Å²) < 4.78 is 10.1. The van der Waals surface area contributed by atoms with Crippen LogP contribution in [0.3, 0.4) is 0 Å². The van der Waals surface area contributed by atoms with E-state index in [-0.39, 0.29) is 6.61 Å². The Hall–Kier alpha value is -3.59. The predicted molar refractivity (Wildman–Crippen MR) is 104 cm³/mol. The summed E-state index contributed by atoms with van der Waals surface area (Å²) in [6.45, 7) is -0.224. The first-order valence-corrected chi connectivity index (χ1v) is 8.26. The van der Waals surface area contributed by atoms with Gasteiger partial charge in [-0.1, -0.05) is 11.6 Å². The van der Waals surface area contributed by atoms with Crippen LogP contribution < -0.4 is 25.9 Å². The van der Waals surface area contributed by atoms with Gasteiger partial charge in [-0.25, -0.2) is 5.43 Å². The number of ether oxygens (including phenoxy) is 2. The lowest BCUT2D eigenvalue weighted by Crippen LogP contribution is -2.32. The Morgan fingerprint density at radius 2 is 1.86 bits per heavy atom. The first-order valence-electron chi connectivity index (χ1n) is 7.88. The van der Waals surface area contributed by atoms with Crippen molar-refractivity contribution in [3.8, 4) is 11.5 Å². The lowest BCUT2D eigenvalue weighted by molar-refractivity contribution is -0.136. The molecule has 2 aromatic carbocycles. The van der Waals surface area contributed by atoms with Crippen molar-refractivity contribution in [2.75, 3.05) is 19.0 Å². The standard InChI is InChI=1S/C18H17ClN4O5/c1-27-15-7-4-12(8-14(15)19)22-17(25)18(26)23-21-9-11-2-5-13(6-3-11)28-10-16(20)24/h2-9H,10H2,1H3,(H2,20,24)(H,22,25)(H,23,26)/b21-9+. The quantitative estimate of drug-likeness (QED) is 0.363. The zero-order valence-corrected chi connectivity index (χ0v) is 15.5. The van der Waals surface area contributed by atoms with Crippen molar-refractivity contribution in [2.24, 2.45) is 10.8 Å². The van der Waals surface area contributed by atoms with Crippen LogP contribution in [-0.4, -0.2) is 37.7 Å². The van der Waals surface area contributed by atoms with Crippen LogP contribution in [0, 0.1) is 0 Å². The third kappa shape index (κ3) is 6.29. The second kappa shape index (κ2) is 9.93. The molecule has 0 saturated carbocycles. The third-order valence-electron chi connectivity index (χ3n) is 3.26. The third-order valence-corrected chi connectivity index (χ3v) is 3.55. The molecule has 3 amide bonds. The number of anilines is 1. The number of hydrazone groups is 1. The molecule has 10 heteroatoms. The molecule has 0 radical (unpaired) electrons. The summed E-state index contributed by atoms with van der Waals surface area (Å²) in [5.74, 6) is -1.54. The lowest BCUT2D eigenvalue weighted by atomic mass is 10.2. The van der Waals surface area contributed by atoms with E-state index in [0.29, 0.717) is 27.8 Å². The van der Waals surface area contributed by atoms with E-state index >= 15 is 0 Å². The summed E-state index contributed by atoms with van der Waals surface area (Å²) in [6, 6.07) is 11.1. The van der Waals surface area contributed by atoms with Crippen molar-refractivity contribution in [1.82, 2.24) is 5.43 Å². The van der Waals surface area contributed by atoms with Gasteiger partial charge in [0.15, 0.2) is 6.61 Å². The number of nitrogens with two attached hydrogens (primary N) is 1. The largest absolute Gasteiger partial charge is 0.495 e. The van der Waals surface area contributed by atoms with E-state index in [2.05, 4.69) is 15.8 Å². The van der Waals surface area contributed by atoms with E-state index in [4.69, 9.17) is 26.8 Å². The first-order chi connectivity index (χ1) is 13.4. The fraction of sp³-hybridized carbons (Fsp3) is 0.111. The number of hydrogen-bond donors (Lipinski definition) is 3.